The third kappa shape index (κ3) is 2.70. The van der Waals surface area contributed by atoms with Crippen LogP contribution in [0.5, 0.6) is 0 Å². The second-order valence-electron chi connectivity index (χ2n) is 4.84. The van der Waals surface area contributed by atoms with Crippen LogP contribution in [0.15, 0.2) is 24.5 Å². The Morgan fingerprint density at radius 3 is 2.83 bits per heavy atom. The Morgan fingerprint density at radius 1 is 1.50 bits per heavy atom. The van der Waals surface area contributed by atoms with E-state index in [1.807, 2.05) is 11.9 Å². The van der Waals surface area contributed by atoms with Gasteiger partial charge in [0.05, 0.1) is 0 Å². The van der Waals surface area contributed by atoms with Gasteiger partial charge < -0.3 is 10.2 Å². The number of aromatic nitrogens is 1. The lowest BCUT2D eigenvalue weighted by atomic mass is 9.90. The Morgan fingerprint density at radius 2 is 2.22 bits per heavy atom. The number of likely N-dealkylation sites (tertiary alicyclic amines) is 1. The highest BCUT2D eigenvalue weighted by atomic mass is 16.2. The quantitative estimate of drug-likeness (QED) is 0.881. The zero-order valence-electron chi connectivity index (χ0n) is 11.1. The topological polar surface area (TPSA) is 45.2 Å². The number of carbonyl (C=O) groups excluding carboxylic acids is 1. The van der Waals surface area contributed by atoms with Crippen LogP contribution >= 0.6 is 0 Å². The van der Waals surface area contributed by atoms with Crippen molar-refractivity contribution in [3.05, 3.63) is 30.1 Å². The molecule has 0 bridgehead atoms. The average molecular weight is 247 g/mol. The molecule has 2 rings (SSSR count). The van der Waals surface area contributed by atoms with Crippen molar-refractivity contribution >= 4 is 5.91 Å². The number of hydrogen-bond donors (Lipinski definition) is 1. The summed E-state index contributed by atoms with van der Waals surface area (Å²) in [6.45, 7) is 3.88. The maximum atomic E-state index is 12.3. The lowest BCUT2D eigenvalue weighted by molar-refractivity contribution is 0.0631. The van der Waals surface area contributed by atoms with Crippen molar-refractivity contribution in [1.29, 1.82) is 0 Å². The maximum Gasteiger partial charge on any atom is 0.253 e. The highest BCUT2D eigenvalue weighted by Gasteiger charge is 2.29. The van der Waals surface area contributed by atoms with Crippen LogP contribution < -0.4 is 5.32 Å². The number of nitrogens with one attached hydrogen (secondary N) is 1. The summed E-state index contributed by atoms with van der Waals surface area (Å²) in [6.07, 6.45) is 5.48. The zero-order chi connectivity index (χ0) is 13.0. The van der Waals surface area contributed by atoms with Crippen molar-refractivity contribution < 1.29 is 4.79 Å². The molecule has 0 saturated carbocycles. The molecule has 2 unspecified atom stereocenters. The third-order valence-electron chi connectivity index (χ3n) is 3.84. The van der Waals surface area contributed by atoms with E-state index in [0.29, 0.717) is 12.0 Å². The largest absolute Gasteiger partial charge is 0.338 e. The first-order valence-electron chi connectivity index (χ1n) is 6.62. The number of hydrogen-bond acceptors (Lipinski definition) is 3. The minimum absolute atomic E-state index is 0.130. The van der Waals surface area contributed by atoms with Gasteiger partial charge in [0, 0.05) is 37.1 Å². The first-order chi connectivity index (χ1) is 8.76. The van der Waals surface area contributed by atoms with Crippen molar-refractivity contribution in [2.45, 2.75) is 25.8 Å². The number of amides is 1. The molecule has 1 saturated heterocycles. The number of piperidine rings is 1. The number of nitrogens with zero attached hydrogens (tertiary/aromatic N) is 2. The van der Waals surface area contributed by atoms with E-state index < -0.39 is 0 Å². The van der Waals surface area contributed by atoms with Crippen molar-refractivity contribution in [3.63, 3.8) is 0 Å². The normalized spacial score (nSPS) is 24.0. The van der Waals surface area contributed by atoms with Crippen LogP contribution in [0.1, 0.15) is 30.1 Å². The number of pyridine rings is 1. The summed E-state index contributed by atoms with van der Waals surface area (Å²) in [5, 5.41) is 3.36. The van der Waals surface area contributed by atoms with Crippen molar-refractivity contribution in [2.75, 3.05) is 20.1 Å². The number of carbonyl (C=O) groups is 1. The fraction of sp³-hybridized carbons (Fsp3) is 0.571. The Kier molecular flexibility index (Phi) is 4.31. The molecule has 1 aliphatic rings. The minimum Gasteiger partial charge on any atom is -0.338 e. The highest BCUT2D eigenvalue weighted by molar-refractivity contribution is 5.94. The Hall–Kier alpha value is -1.42. The van der Waals surface area contributed by atoms with Crippen molar-refractivity contribution in [1.82, 2.24) is 15.2 Å². The molecule has 0 aromatic carbocycles. The molecule has 1 aliphatic heterocycles. The molecule has 1 N–H and O–H groups in total. The molecule has 4 nitrogen and oxygen atoms in total. The van der Waals surface area contributed by atoms with Crippen LogP contribution in [0.4, 0.5) is 0 Å². The van der Waals surface area contributed by atoms with E-state index in [-0.39, 0.29) is 5.91 Å². The first-order valence-corrected chi connectivity index (χ1v) is 6.62. The molecule has 98 valence electrons. The lowest BCUT2D eigenvalue weighted by Crippen LogP contribution is -2.50. The molecule has 1 aromatic heterocycles. The van der Waals surface area contributed by atoms with Gasteiger partial charge in [0.1, 0.15) is 0 Å². The summed E-state index contributed by atoms with van der Waals surface area (Å²) in [6, 6.07) is 4.11. The summed E-state index contributed by atoms with van der Waals surface area (Å²) < 4.78 is 0. The van der Waals surface area contributed by atoms with Gasteiger partial charge >= 0.3 is 0 Å². The van der Waals surface area contributed by atoms with Crippen LogP contribution in [-0.4, -0.2) is 42.0 Å². The molecule has 18 heavy (non-hydrogen) atoms. The summed E-state index contributed by atoms with van der Waals surface area (Å²) in [5.41, 5.74) is 0.739. The molecule has 2 heterocycles. The molecule has 0 spiro atoms. The molecular weight excluding hydrogens is 226 g/mol. The van der Waals surface area contributed by atoms with Gasteiger partial charge in [-0.1, -0.05) is 13.3 Å². The van der Waals surface area contributed by atoms with Gasteiger partial charge in [0.15, 0.2) is 0 Å². The molecule has 2 atom stereocenters. The van der Waals surface area contributed by atoms with Gasteiger partial charge in [0.2, 0.25) is 0 Å². The zero-order valence-corrected chi connectivity index (χ0v) is 11.1. The second-order valence-corrected chi connectivity index (χ2v) is 4.84. The van der Waals surface area contributed by atoms with E-state index in [1.54, 1.807) is 24.5 Å². The Bertz CT molecular complexity index is 393. The predicted octanol–water partition coefficient (Wildman–Crippen LogP) is 1.54. The summed E-state index contributed by atoms with van der Waals surface area (Å²) in [7, 11) is 2.01. The van der Waals surface area contributed by atoms with Crippen LogP contribution in [0, 0.1) is 5.92 Å². The van der Waals surface area contributed by atoms with Crippen LogP contribution in [0.3, 0.4) is 0 Å². The Balaban J connectivity index is 2.05. The van der Waals surface area contributed by atoms with Crippen LogP contribution in [0.25, 0.3) is 0 Å². The molecule has 0 radical (unpaired) electrons. The van der Waals surface area contributed by atoms with E-state index in [0.717, 1.165) is 31.5 Å². The number of rotatable bonds is 3. The lowest BCUT2D eigenvalue weighted by Gasteiger charge is -2.38. The monoisotopic (exact) mass is 247 g/mol. The SMILES string of the molecule is CCC1CN(C(=O)c2ccncc2)CCC1NC. The standard InChI is InChI=1S/C14H21N3O/c1-3-11-10-17(9-6-13(11)15-2)14(18)12-4-7-16-8-5-12/h4-5,7-8,11,13,15H,3,6,9-10H2,1-2H3. The summed E-state index contributed by atoms with van der Waals surface area (Å²) in [4.78, 5) is 18.3. The van der Waals surface area contributed by atoms with Gasteiger partial charge in [-0.15, -0.1) is 0 Å². The third-order valence-corrected chi connectivity index (χ3v) is 3.84. The van der Waals surface area contributed by atoms with E-state index in [1.165, 1.54) is 0 Å². The fourth-order valence-electron chi connectivity index (χ4n) is 2.69. The van der Waals surface area contributed by atoms with E-state index >= 15 is 0 Å². The van der Waals surface area contributed by atoms with Crippen molar-refractivity contribution in [3.8, 4) is 0 Å². The van der Waals surface area contributed by atoms with E-state index in [2.05, 4.69) is 17.2 Å². The van der Waals surface area contributed by atoms with Gasteiger partial charge in [-0.3, -0.25) is 9.78 Å². The highest BCUT2D eigenvalue weighted by Crippen LogP contribution is 2.21. The first kappa shape index (κ1) is 13.0. The summed E-state index contributed by atoms with van der Waals surface area (Å²) >= 11 is 0. The van der Waals surface area contributed by atoms with Gasteiger partial charge in [-0.2, -0.15) is 0 Å². The molecule has 1 amide bonds. The van der Waals surface area contributed by atoms with E-state index in [9.17, 15) is 4.79 Å². The van der Waals surface area contributed by atoms with Gasteiger partial charge in [-0.25, -0.2) is 0 Å². The molecule has 0 aliphatic carbocycles. The van der Waals surface area contributed by atoms with Crippen molar-refractivity contribution in [2.24, 2.45) is 5.92 Å². The van der Waals surface area contributed by atoms with Gasteiger partial charge in [0.25, 0.3) is 5.91 Å². The Labute approximate surface area is 108 Å². The van der Waals surface area contributed by atoms with Gasteiger partial charge in [-0.05, 0) is 31.5 Å². The fourth-order valence-corrected chi connectivity index (χ4v) is 2.69. The summed E-state index contributed by atoms with van der Waals surface area (Å²) in [5.74, 6) is 0.681. The van der Waals surface area contributed by atoms with Crippen LogP contribution in [-0.2, 0) is 0 Å². The maximum absolute atomic E-state index is 12.3. The molecule has 1 aromatic rings. The average Bonchev–Trinajstić information content (AvgIpc) is 2.46. The minimum atomic E-state index is 0.130. The van der Waals surface area contributed by atoms with E-state index in [4.69, 9.17) is 0 Å². The molecular formula is C14H21N3O. The molecule has 4 heteroatoms. The second kappa shape index (κ2) is 5.96. The van der Waals surface area contributed by atoms with Crippen LogP contribution in [0.2, 0.25) is 0 Å². The smallest absolute Gasteiger partial charge is 0.253 e. The molecule has 1 fully saturated rings. The predicted molar refractivity (Wildman–Crippen MR) is 71.4 cm³/mol.